The molecule has 0 radical (unpaired) electrons. The molecule has 2 aromatic rings. The second-order valence-corrected chi connectivity index (χ2v) is 11.7. The lowest BCUT2D eigenvalue weighted by molar-refractivity contribution is -0.160. The van der Waals surface area contributed by atoms with Crippen molar-refractivity contribution in [1.29, 1.82) is 0 Å². The van der Waals surface area contributed by atoms with Gasteiger partial charge < -0.3 is 23.7 Å². The first-order valence-electron chi connectivity index (χ1n) is 14.1. The summed E-state index contributed by atoms with van der Waals surface area (Å²) >= 11 is 0. The smallest absolute Gasteiger partial charge is 0.314 e. The first kappa shape index (κ1) is 34.1. The number of ketones is 1. The van der Waals surface area contributed by atoms with Gasteiger partial charge in [0.25, 0.3) is 0 Å². The van der Waals surface area contributed by atoms with Gasteiger partial charge in [0.2, 0.25) is 13.6 Å². The summed E-state index contributed by atoms with van der Waals surface area (Å²) in [5, 5.41) is 0. The van der Waals surface area contributed by atoms with E-state index >= 15 is 0 Å². The molecule has 228 valence electrons. The number of hydrogen-bond acceptors (Lipinski definition) is 8. The van der Waals surface area contributed by atoms with Crippen molar-refractivity contribution in [2.45, 2.75) is 68.2 Å². The van der Waals surface area contributed by atoms with Crippen molar-refractivity contribution in [3.63, 3.8) is 0 Å². The predicted octanol–water partition coefficient (Wildman–Crippen LogP) is 7.34. The van der Waals surface area contributed by atoms with Crippen LogP contribution >= 0.6 is 0 Å². The van der Waals surface area contributed by atoms with Crippen LogP contribution in [-0.2, 0) is 25.5 Å². The fourth-order valence-electron chi connectivity index (χ4n) is 3.34. The Bertz CT molecular complexity index is 1260. The van der Waals surface area contributed by atoms with Crippen molar-refractivity contribution in [2.24, 2.45) is 10.8 Å². The molecule has 2 aromatic carbocycles. The van der Waals surface area contributed by atoms with Crippen molar-refractivity contribution >= 4 is 23.8 Å². The minimum Gasteiger partial charge on any atom is -0.493 e. The molecule has 0 N–H and O–H groups in total. The van der Waals surface area contributed by atoms with Gasteiger partial charge in [0.05, 0.1) is 17.4 Å². The summed E-state index contributed by atoms with van der Waals surface area (Å²) in [6, 6.07) is 10.3. The summed E-state index contributed by atoms with van der Waals surface area (Å²) < 4.78 is 27.7. The van der Waals surface area contributed by atoms with Gasteiger partial charge in [0.1, 0.15) is 17.2 Å². The molecule has 0 fully saturated rings. The molecule has 0 saturated carbocycles. The summed E-state index contributed by atoms with van der Waals surface area (Å²) in [4.78, 5) is 37.0. The van der Waals surface area contributed by atoms with Crippen molar-refractivity contribution < 1.29 is 38.1 Å². The molecule has 0 aliphatic rings. The summed E-state index contributed by atoms with van der Waals surface area (Å²) in [7, 11) is 0. The maximum Gasteiger partial charge on any atom is 0.314 e. The highest BCUT2D eigenvalue weighted by molar-refractivity contribution is 6.07. The van der Waals surface area contributed by atoms with Gasteiger partial charge in [-0.2, -0.15) is 0 Å². The third-order valence-electron chi connectivity index (χ3n) is 5.83. The molecule has 0 spiro atoms. The first-order valence-corrected chi connectivity index (χ1v) is 14.1. The number of esters is 2. The van der Waals surface area contributed by atoms with Crippen LogP contribution in [-0.4, -0.2) is 37.9 Å². The Morgan fingerprint density at radius 3 is 1.93 bits per heavy atom. The molecule has 0 aromatic heterocycles. The average molecular weight is 581 g/mol. The van der Waals surface area contributed by atoms with E-state index in [9.17, 15) is 14.4 Å². The average Bonchev–Trinajstić information content (AvgIpc) is 2.93. The van der Waals surface area contributed by atoms with Gasteiger partial charge in [0, 0.05) is 17.2 Å². The Morgan fingerprint density at radius 1 is 0.786 bits per heavy atom. The van der Waals surface area contributed by atoms with E-state index in [2.05, 4.69) is 0 Å². The summed E-state index contributed by atoms with van der Waals surface area (Å²) in [6.07, 6.45) is 8.50. The van der Waals surface area contributed by atoms with Gasteiger partial charge in [-0.15, -0.1) is 0 Å². The van der Waals surface area contributed by atoms with Crippen LogP contribution in [0.1, 0.15) is 83.3 Å². The lowest BCUT2D eigenvalue weighted by Gasteiger charge is -2.19. The molecule has 42 heavy (non-hydrogen) atoms. The molecule has 8 heteroatoms. The van der Waals surface area contributed by atoms with Gasteiger partial charge in [0.15, 0.2) is 5.78 Å². The molecule has 0 aliphatic heterocycles. The molecule has 8 nitrogen and oxygen atoms in total. The topological polar surface area (TPSA) is 97.4 Å². The van der Waals surface area contributed by atoms with Gasteiger partial charge in [-0.25, -0.2) is 0 Å². The Labute approximate surface area is 249 Å². The van der Waals surface area contributed by atoms with Crippen LogP contribution in [0.15, 0.2) is 54.6 Å². The third kappa shape index (κ3) is 11.1. The Morgan fingerprint density at radius 2 is 1.38 bits per heavy atom. The molecule has 0 heterocycles. The number of rotatable bonds is 14. The van der Waals surface area contributed by atoms with Crippen molar-refractivity contribution in [3.05, 3.63) is 71.3 Å². The van der Waals surface area contributed by atoms with Gasteiger partial charge in [-0.1, -0.05) is 19.1 Å². The van der Waals surface area contributed by atoms with Gasteiger partial charge in [-0.3, -0.25) is 14.4 Å². The second-order valence-electron chi connectivity index (χ2n) is 11.7. The highest BCUT2D eigenvalue weighted by atomic mass is 16.7. The zero-order chi connectivity index (χ0) is 31.3. The van der Waals surface area contributed by atoms with Gasteiger partial charge in [-0.05, 0) is 109 Å². The SMILES string of the molecule is CC=CCc1cc(C=CC(=O)c2ccc(OCOC(=O)C(C)(C)C)cc2)c(OCCC)cc1OCOC(=O)C(C)(C)C. The Hall–Kier alpha value is -4.07. The quantitative estimate of drug-likeness (QED) is 0.0753. The van der Waals surface area contributed by atoms with Crippen molar-refractivity contribution in [3.8, 4) is 17.2 Å². The maximum absolute atomic E-state index is 13.0. The zero-order valence-corrected chi connectivity index (χ0v) is 26.1. The number of carbonyl (C=O) groups is 3. The van der Waals surface area contributed by atoms with E-state index in [0.29, 0.717) is 35.8 Å². The molecule has 0 bridgehead atoms. The number of ether oxygens (including phenoxy) is 5. The van der Waals surface area contributed by atoms with E-state index in [-0.39, 0.29) is 31.3 Å². The monoisotopic (exact) mass is 580 g/mol. The van der Waals surface area contributed by atoms with Crippen LogP contribution < -0.4 is 14.2 Å². The molecule has 0 saturated heterocycles. The van der Waals surface area contributed by atoms with Crippen LogP contribution in [0.2, 0.25) is 0 Å². The zero-order valence-electron chi connectivity index (χ0n) is 26.1. The Kier molecular flexibility index (Phi) is 12.8. The first-order chi connectivity index (χ1) is 19.8. The number of carbonyl (C=O) groups excluding carboxylic acids is 3. The highest BCUT2D eigenvalue weighted by Gasteiger charge is 2.24. The Balaban J connectivity index is 2.20. The standard InChI is InChI=1S/C34H44O8/c1-9-11-12-25-20-26(29(38-19-10-2)21-30(25)40-23-42-32(37)34(6,7)8)15-18-28(35)24-13-16-27(17-14-24)39-22-41-31(36)33(3,4)5/h9,11,13-18,20-21H,10,12,19,22-23H2,1-8H3. The third-order valence-corrected chi connectivity index (χ3v) is 5.83. The predicted molar refractivity (Wildman–Crippen MR) is 163 cm³/mol. The summed E-state index contributed by atoms with van der Waals surface area (Å²) in [6.45, 7) is 14.6. The molecule has 2 rings (SSSR count). The lowest BCUT2D eigenvalue weighted by atomic mass is 9.97. The van der Waals surface area contributed by atoms with E-state index in [4.69, 9.17) is 23.7 Å². The van der Waals surface area contributed by atoms with E-state index in [1.54, 1.807) is 78.0 Å². The number of hydrogen-bond donors (Lipinski definition) is 0. The fraction of sp³-hybridized carbons (Fsp3) is 0.441. The van der Waals surface area contributed by atoms with E-state index in [0.717, 1.165) is 17.5 Å². The lowest BCUT2D eigenvalue weighted by Crippen LogP contribution is -2.24. The molecule has 0 amide bonds. The van der Waals surface area contributed by atoms with Crippen LogP contribution in [0.4, 0.5) is 0 Å². The molecule has 0 atom stereocenters. The minimum atomic E-state index is -0.637. The van der Waals surface area contributed by atoms with E-state index in [1.807, 2.05) is 32.1 Å². The molecule has 0 aliphatic carbocycles. The summed E-state index contributed by atoms with van der Waals surface area (Å²) in [5.41, 5.74) is 0.786. The van der Waals surface area contributed by atoms with Crippen LogP contribution in [0, 0.1) is 10.8 Å². The van der Waals surface area contributed by atoms with E-state index in [1.165, 1.54) is 6.08 Å². The number of benzene rings is 2. The van der Waals surface area contributed by atoms with Crippen LogP contribution in [0.25, 0.3) is 6.08 Å². The highest BCUT2D eigenvalue weighted by Crippen LogP contribution is 2.32. The normalized spacial score (nSPS) is 11.9. The molecular weight excluding hydrogens is 536 g/mol. The molecule has 0 unspecified atom stereocenters. The minimum absolute atomic E-state index is 0.202. The fourth-order valence-corrected chi connectivity index (χ4v) is 3.34. The van der Waals surface area contributed by atoms with Crippen molar-refractivity contribution in [1.82, 2.24) is 0 Å². The molecular formula is C34H44O8. The second kappa shape index (κ2) is 15.8. The number of allylic oxidation sites excluding steroid dienone is 3. The van der Waals surface area contributed by atoms with Gasteiger partial charge >= 0.3 is 11.9 Å². The largest absolute Gasteiger partial charge is 0.493 e. The van der Waals surface area contributed by atoms with Crippen LogP contribution in [0.3, 0.4) is 0 Å². The van der Waals surface area contributed by atoms with E-state index < -0.39 is 10.8 Å². The van der Waals surface area contributed by atoms with Crippen LogP contribution in [0.5, 0.6) is 17.2 Å². The van der Waals surface area contributed by atoms with Crippen molar-refractivity contribution in [2.75, 3.05) is 20.2 Å². The maximum atomic E-state index is 13.0. The summed E-state index contributed by atoms with van der Waals surface area (Å²) in [5.74, 6) is 0.640.